The molecule has 0 unspecified atom stereocenters. The van der Waals surface area contributed by atoms with E-state index in [1.54, 1.807) is 12.1 Å². The molecule has 6 nitrogen and oxygen atoms in total. The molecule has 0 spiro atoms. The van der Waals surface area contributed by atoms with Crippen molar-refractivity contribution in [3.63, 3.8) is 0 Å². The first-order valence-corrected chi connectivity index (χ1v) is 10.0. The highest BCUT2D eigenvalue weighted by Crippen LogP contribution is 2.23. The van der Waals surface area contributed by atoms with E-state index in [0.29, 0.717) is 5.75 Å². The zero-order chi connectivity index (χ0) is 19.6. The van der Waals surface area contributed by atoms with E-state index < -0.39 is 15.8 Å². The van der Waals surface area contributed by atoms with Crippen LogP contribution in [0.1, 0.15) is 10.4 Å². The van der Waals surface area contributed by atoms with Crippen LogP contribution in [-0.4, -0.2) is 56.8 Å². The molecular formula is C18H18ClFN2O4S. The highest BCUT2D eigenvalue weighted by Gasteiger charge is 2.31. The molecular weight excluding hydrogens is 395 g/mol. The van der Waals surface area contributed by atoms with E-state index >= 15 is 0 Å². The van der Waals surface area contributed by atoms with Crippen LogP contribution in [0.15, 0.2) is 47.4 Å². The molecule has 1 saturated heterocycles. The van der Waals surface area contributed by atoms with Crippen LogP contribution < -0.4 is 4.74 Å². The minimum absolute atomic E-state index is 0.0354. The Hall–Kier alpha value is -2.16. The molecule has 0 bridgehead atoms. The first kappa shape index (κ1) is 19.6. The van der Waals surface area contributed by atoms with Crippen LogP contribution in [0.3, 0.4) is 0 Å². The number of carbonyl (C=O) groups excluding carboxylic acids is 1. The maximum atomic E-state index is 13.2. The van der Waals surface area contributed by atoms with Crippen LogP contribution >= 0.6 is 11.6 Å². The molecule has 0 radical (unpaired) electrons. The van der Waals surface area contributed by atoms with E-state index in [1.165, 1.54) is 40.6 Å². The van der Waals surface area contributed by atoms with Gasteiger partial charge in [0, 0.05) is 26.2 Å². The summed E-state index contributed by atoms with van der Waals surface area (Å²) in [5.41, 5.74) is 0.199. The van der Waals surface area contributed by atoms with Gasteiger partial charge in [-0.1, -0.05) is 11.6 Å². The van der Waals surface area contributed by atoms with Gasteiger partial charge in [0.1, 0.15) is 11.6 Å². The lowest BCUT2D eigenvalue weighted by Crippen LogP contribution is -2.50. The number of rotatable bonds is 4. The summed E-state index contributed by atoms with van der Waals surface area (Å²) in [6.07, 6.45) is 0. The van der Waals surface area contributed by atoms with E-state index in [4.69, 9.17) is 16.3 Å². The summed E-state index contributed by atoms with van der Waals surface area (Å²) < 4.78 is 45.0. The third-order valence-electron chi connectivity index (χ3n) is 4.38. The van der Waals surface area contributed by atoms with Crippen LogP contribution in [0.25, 0.3) is 0 Å². The molecule has 3 rings (SSSR count). The average molecular weight is 413 g/mol. The van der Waals surface area contributed by atoms with E-state index in [-0.39, 0.29) is 47.6 Å². The summed E-state index contributed by atoms with van der Waals surface area (Å²) >= 11 is 5.95. The molecule has 144 valence electrons. The Bertz CT molecular complexity index is 942. The minimum Gasteiger partial charge on any atom is -0.497 e. The quantitative estimate of drug-likeness (QED) is 0.774. The minimum atomic E-state index is -3.65. The van der Waals surface area contributed by atoms with Gasteiger partial charge in [-0.2, -0.15) is 4.31 Å². The monoisotopic (exact) mass is 412 g/mol. The fraction of sp³-hybridized carbons (Fsp3) is 0.278. The Morgan fingerprint density at radius 2 is 1.70 bits per heavy atom. The summed E-state index contributed by atoms with van der Waals surface area (Å²) in [6, 6.07) is 9.74. The molecule has 0 N–H and O–H groups in total. The molecule has 0 aliphatic carbocycles. The predicted octanol–water partition coefficient (Wildman–Crippen LogP) is 2.63. The molecule has 2 aromatic rings. The predicted molar refractivity (Wildman–Crippen MR) is 99.1 cm³/mol. The summed E-state index contributed by atoms with van der Waals surface area (Å²) in [4.78, 5) is 14.2. The smallest absolute Gasteiger partial charge is 0.255 e. The van der Waals surface area contributed by atoms with Gasteiger partial charge in [0.05, 0.1) is 22.6 Å². The third kappa shape index (κ3) is 4.07. The Labute approximate surface area is 162 Å². The molecule has 1 aliphatic rings. The van der Waals surface area contributed by atoms with Gasteiger partial charge in [-0.15, -0.1) is 0 Å². The fourth-order valence-electron chi connectivity index (χ4n) is 2.86. The molecule has 0 saturated carbocycles. The zero-order valence-corrected chi connectivity index (χ0v) is 16.1. The first-order valence-electron chi connectivity index (χ1n) is 8.21. The van der Waals surface area contributed by atoms with Gasteiger partial charge < -0.3 is 9.64 Å². The zero-order valence-electron chi connectivity index (χ0n) is 14.6. The van der Waals surface area contributed by atoms with E-state index in [1.807, 2.05) is 0 Å². The number of benzene rings is 2. The molecule has 1 amide bonds. The number of carbonyl (C=O) groups is 1. The van der Waals surface area contributed by atoms with E-state index in [2.05, 4.69) is 0 Å². The number of ether oxygens (including phenoxy) is 1. The number of halogens is 2. The maximum Gasteiger partial charge on any atom is 0.255 e. The van der Waals surface area contributed by atoms with Crippen LogP contribution in [0.5, 0.6) is 5.75 Å². The van der Waals surface area contributed by atoms with E-state index in [9.17, 15) is 17.6 Å². The number of piperazine rings is 1. The Morgan fingerprint density at radius 1 is 1.07 bits per heavy atom. The molecule has 9 heteroatoms. The van der Waals surface area contributed by atoms with Gasteiger partial charge in [-0.25, -0.2) is 12.8 Å². The van der Waals surface area contributed by atoms with Crippen molar-refractivity contribution in [2.75, 3.05) is 33.3 Å². The van der Waals surface area contributed by atoms with Gasteiger partial charge in [0.15, 0.2) is 0 Å². The number of hydrogen-bond acceptors (Lipinski definition) is 4. The second-order valence-electron chi connectivity index (χ2n) is 6.00. The molecule has 1 aliphatic heterocycles. The third-order valence-corrected chi connectivity index (χ3v) is 6.61. The largest absolute Gasteiger partial charge is 0.497 e. The number of amides is 1. The van der Waals surface area contributed by atoms with Gasteiger partial charge in [0.2, 0.25) is 10.0 Å². The first-order chi connectivity index (χ1) is 12.8. The summed E-state index contributed by atoms with van der Waals surface area (Å²) in [7, 11) is -2.14. The highest BCUT2D eigenvalue weighted by atomic mass is 35.5. The maximum absolute atomic E-state index is 13.2. The van der Waals surface area contributed by atoms with Crippen molar-refractivity contribution in [3.8, 4) is 5.75 Å². The second-order valence-corrected chi connectivity index (χ2v) is 8.34. The van der Waals surface area contributed by atoms with Crippen LogP contribution in [0, 0.1) is 5.82 Å². The summed E-state index contributed by atoms with van der Waals surface area (Å²) in [5.74, 6) is -0.297. The Kier molecular flexibility index (Phi) is 5.69. The fourth-order valence-corrected chi connectivity index (χ4v) is 4.53. The van der Waals surface area contributed by atoms with Gasteiger partial charge in [-0.3, -0.25) is 4.79 Å². The summed E-state index contributed by atoms with van der Waals surface area (Å²) in [6.45, 7) is 0.779. The lowest BCUT2D eigenvalue weighted by molar-refractivity contribution is 0.0698. The van der Waals surface area contributed by atoms with Gasteiger partial charge >= 0.3 is 0 Å². The van der Waals surface area contributed by atoms with Crippen molar-refractivity contribution in [2.24, 2.45) is 0 Å². The van der Waals surface area contributed by atoms with Crippen molar-refractivity contribution in [1.29, 1.82) is 0 Å². The second kappa shape index (κ2) is 7.84. The molecule has 0 aromatic heterocycles. The average Bonchev–Trinajstić information content (AvgIpc) is 2.67. The molecule has 27 heavy (non-hydrogen) atoms. The number of nitrogens with zero attached hydrogens (tertiary/aromatic N) is 2. The summed E-state index contributed by atoms with van der Waals surface area (Å²) in [5, 5.41) is 0.0354. The molecule has 1 heterocycles. The van der Waals surface area contributed by atoms with Crippen molar-refractivity contribution in [2.45, 2.75) is 4.90 Å². The number of hydrogen-bond donors (Lipinski definition) is 0. The number of methoxy groups -OCH3 is 1. The molecule has 1 fully saturated rings. The molecule has 2 aromatic carbocycles. The van der Waals surface area contributed by atoms with Crippen LogP contribution in [0.2, 0.25) is 5.02 Å². The lowest BCUT2D eigenvalue weighted by atomic mass is 10.2. The Balaban J connectivity index is 1.69. The normalized spacial score (nSPS) is 15.6. The Morgan fingerprint density at radius 3 is 2.26 bits per heavy atom. The van der Waals surface area contributed by atoms with E-state index in [0.717, 1.165) is 6.07 Å². The lowest BCUT2D eigenvalue weighted by Gasteiger charge is -2.34. The van der Waals surface area contributed by atoms with Crippen molar-refractivity contribution >= 4 is 27.5 Å². The van der Waals surface area contributed by atoms with Crippen molar-refractivity contribution in [1.82, 2.24) is 9.21 Å². The van der Waals surface area contributed by atoms with Crippen molar-refractivity contribution < 1.29 is 22.3 Å². The van der Waals surface area contributed by atoms with Gasteiger partial charge in [0.25, 0.3) is 5.91 Å². The SMILES string of the molecule is COc1ccc(S(=O)(=O)N2CCN(C(=O)c3ccc(F)cc3Cl)CC2)cc1. The number of sulfonamides is 1. The van der Waals surface area contributed by atoms with Crippen molar-refractivity contribution in [3.05, 3.63) is 58.9 Å². The van der Waals surface area contributed by atoms with Crippen LogP contribution in [0.4, 0.5) is 4.39 Å². The standard InChI is InChI=1S/C18H18ClFN2O4S/c1-26-14-3-5-15(6-4-14)27(24,25)22-10-8-21(9-11-22)18(23)16-7-2-13(20)12-17(16)19/h2-7,12H,8-11H2,1H3. The molecule has 0 atom stereocenters. The topological polar surface area (TPSA) is 66.9 Å². The van der Waals surface area contributed by atoms with Gasteiger partial charge in [-0.05, 0) is 42.5 Å². The van der Waals surface area contributed by atoms with Crippen LogP contribution in [-0.2, 0) is 10.0 Å². The highest BCUT2D eigenvalue weighted by molar-refractivity contribution is 7.89.